The number of halogens is 3. The highest BCUT2D eigenvalue weighted by Crippen LogP contribution is 2.44. The summed E-state index contributed by atoms with van der Waals surface area (Å²) in [6.45, 7) is 1.65. The van der Waals surface area contributed by atoms with Gasteiger partial charge in [-0.05, 0) is 19.8 Å². The molecular formula is C12H16F3N3O2. The third kappa shape index (κ3) is 2.79. The van der Waals surface area contributed by atoms with E-state index in [1.54, 1.807) is 0 Å². The number of hydrogen-bond donors (Lipinski definition) is 2. The first kappa shape index (κ1) is 14.8. The molecule has 0 saturated heterocycles. The summed E-state index contributed by atoms with van der Waals surface area (Å²) >= 11 is 0. The van der Waals surface area contributed by atoms with Crippen molar-refractivity contribution in [1.29, 1.82) is 0 Å². The molecular weight excluding hydrogens is 275 g/mol. The highest BCUT2D eigenvalue weighted by molar-refractivity contribution is 5.95. The first-order chi connectivity index (χ1) is 9.33. The van der Waals surface area contributed by atoms with Crippen molar-refractivity contribution >= 4 is 5.91 Å². The number of aliphatic hydroxyl groups is 1. The van der Waals surface area contributed by atoms with Crippen LogP contribution in [0.1, 0.15) is 35.8 Å². The fourth-order valence-electron chi connectivity index (χ4n) is 2.02. The van der Waals surface area contributed by atoms with Crippen molar-refractivity contribution in [2.45, 2.75) is 32.5 Å². The maximum absolute atomic E-state index is 13.0. The maximum atomic E-state index is 13.0. The van der Waals surface area contributed by atoms with Crippen LogP contribution < -0.4 is 5.32 Å². The quantitative estimate of drug-likeness (QED) is 0.862. The van der Waals surface area contributed by atoms with Gasteiger partial charge in [-0.25, -0.2) is 0 Å². The van der Waals surface area contributed by atoms with E-state index in [0.29, 0.717) is 0 Å². The second-order valence-corrected chi connectivity index (χ2v) is 5.06. The predicted molar refractivity (Wildman–Crippen MR) is 64.0 cm³/mol. The van der Waals surface area contributed by atoms with Gasteiger partial charge in [0, 0.05) is 18.5 Å². The number of alkyl halides is 3. The van der Waals surface area contributed by atoms with Crippen molar-refractivity contribution in [3.05, 3.63) is 17.5 Å². The number of rotatable bonds is 5. The van der Waals surface area contributed by atoms with Crippen molar-refractivity contribution in [1.82, 2.24) is 15.1 Å². The lowest BCUT2D eigenvalue weighted by Crippen LogP contribution is -2.33. The third-order valence-electron chi connectivity index (χ3n) is 3.57. The standard InChI is InChI=1S/C12H16F3N3O2/c1-2-18-9(12(13,14)15)8(5-17-18)10(20)16-6-11(7-19)3-4-11/h5,19H,2-4,6-7H2,1H3,(H,16,20). The van der Waals surface area contributed by atoms with E-state index < -0.39 is 23.3 Å². The Labute approximate surface area is 113 Å². The fourth-order valence-corrected chi connectivity index (χ4v) is 2.02. The van der Waals surface area contributed by atoms with E-state index in [0.717, 1.165) is 23.7 Å². The molecule has 1 aromatic rings. The van der Waals surface area contributed by atoms with E-state index in [1.807, 2.05) is 0 Å². The van der Waals surface area contributed by atoms with Crippen LogP contribution in [0.2, 0.25) is 0 Å². The highest BCUT2D eigenvalue weighted by atomic mass is 19.4. The SMILES string of the molecule is CCn1ncc(C(=O)NCC2(CO)CC2)c1C(F)(F)F. The van der Waals surface area contributed by atoms with Gasteiger partial charge in [-0.15, -0.1) is 0 Å². The molecule has 0 atom stereocenters. The summed E-state index contributed by atoms with van der Waals surface area (Å²) in [5, 5.41) is 15.2. The second-order valence-electron chi connectivity index (χ2n) is 5.06. The van der Waals surface area contributed by atoms with E-state index in [-0.39, 0.29) is 25.1 Å². The zero-order valence-electron chi connectivity index (χ0n) is 11.0. The molecule has 2 N–H and O–H groups in total. The van der Waals surface area contributed by atoms with Crippen LogP contribution in [-0.2, 0) is 12.7 Å². The molecule has 0 aliphatic heterocycles. The predicted octanol–water partition coefficient (Wildman–Crippen LogP) is 1.42. The van der Waals surface area contributed by atoms with Gasteiger partial charge in [-0.3, -0.25) is 9.48 Å². The number of hydrogen-bond acceptors (Lipinski definition) is 3. The monoisotopic (exact) mass is 291 g/mol. The zero-order chi connectivity index (χ0) is 15.0. The average Bonchev–Trinajstić information content (AvgIpc) is 3.03. The van der Waals surface area contributed by atoms with Crippen molar-refractivity contribution in [3.8, 4) is 0 Å². The number of aliphatic hydroxyl groups excluding tert-OH is 1. The van der Waals surface area contributed by atoms with E-state index in [4.69, 9.17) is 5.11 Å². The molecule has 2 rings (SSSR count). The number of amides is 1. The fraction of sp³-hybridized carbons (Fsp3) is 0.667. The van der Waals surface area contributed by atoms with Gasteiger partial charge in [0.05, 0.1) is 18.4 Å². The van der Waals surface area contributed by atoms with E-state index in [1.165, 1.54) is 6.92 Å². The van der Waals surface area contributed by atoms with E-state index >= 15 is 0 Å². The number of aryl methyl sites for hydroxylation is 1. The normalized spacial score (nSPS) is 17.1. The van der Waals surface area contributed by atoms with E-state index in [9.17, 15) is 18.0 Å². The lowest BCUT2D eigenvalue weighted by atomic mass is 10.1. The molecule has 112 valence electrons. The molecule has 1 aromatic heterocycles. The molecule has 0 aromatic carbocycles. The molecule has 1 aliphatic carbocycles. The Morgan fingerprint density at radius 2 is 2.20 bits per heavy atom. The second kappa shape index (κ2) is 5.08. The van der Waals surface area contributed by atoms with Crippen molar-refractivity contribution in [3.63, 3.8) is 0 Å². The number of nitrogens with one attached hydrogen (secondary N) is 1. The van der Waals surface area contributed by atoms with Gasteiger partial charge in [0.15, 0.2) is 5.69 Å². The smallest absolute Gasteiger partial charge is 0.396 e. The van der Waals surface area contributed by atoms with Gasteiger partial charge in [0.2, 0.25) is 0 Å². The number of aromatic nitrogens is 2. The molecule has 0 radical (unpaired) electrons. The van der Waals surface area contributed by atoms with Crippen molar-refractivity contribution < 1.29 is 23.1 Å². The molecule has 0 bridgehead atoms. The lowest BCUT2D eigenvalue weighted by Gasteiger charge is -2.14. The van der Waals surface area contributed by atoms with Gasteiger partial charge in [0.25, 0.3) is 5.91 Å². The van der Waals surface area contributed by atoms with Gasteiger partial charge < -0.3 is 10.4 Å². The summed E-state index contributed by atoms with van der Waals surface area (Å²) in [4.78, 5) is 11.9. The molecule has 5 nitrogen and oxygen atoms in total. The van der Waals surface area contributed by atoms with Gasteiger partial charge in [-0.1, -0.05) is 0 Å². The Kier molecular flexibility index (Phi) is 3.77. The molecule has 1 amide bonds. The maximum Gasteiger partial charge on any atom is 0.433 e. The first-order valence-corrected chi connectivity index (χ1v) is 6.35. The van der Waals surface area contributed by atoms with Crippen LogP contribution in [0.3, 0.4) is 0 Å². The summed E-state index contributed by atoms with van der Waals surface area (Å²) in [5.74, 6) is -0.809. The highest BCUT2D eigenvalue weighted by Gasteiger charge is 2.43. The van der Waals surface area contributed by atoms with Crippen LogP contribution in [0.5, 0.6) is 0 Å². The molecule has 1 aliphatic rings. The topological polar surface area (TPSA) is 67.2 Å². The summed E-state index contributed by atoms with van der Waals surface area (Å²) in [6.07, 6.45) is -2.16. The first-order valence-electron chi connectivity index (χ1n) is 6.35. The number of carbonyl (C=O) groups is 1. The Bertz CT molecular complexity index is 507. The minimum absolute atomic E-state index is 0.0305. The molecule has 0 unspecified atom stereocenters. The van der Waals surface area contributed by atoms with Crippen LogP contribution in [-0.4, -0.2) is 33.9 Å². The molecule has 1 heterocycles. The third-order valence-corrected chi connectivity index (χ3v) is 3.57. The Balaban J connectivity index is 2.16. The van der Waals surface area contributed by atoms with Crippen LogP contribution in [0.25, 0.3) is 0 Å². The molecule has 1 saturated carbocycles. The summed E-state index contributed by atoms with van der Waals surface area (Å²) in [6, 6.07) is 0. The molecule has 1 fully saturated rings. The molecule has 0 spiro atoms. The van der Waals surface area contributed by atoms with Gasteiger partial charge >= 0.3 is 6.18 Å². The van der Waals surface area contributed by atoms with Crippen molar-refractivity contribution in [2.24, 2.45) is 5.41 Å². The minimum atomic E-state index is -4.63. The average molecular weight is 291 g/mol. The van der Waals surface area contributed by atoms with Crippen LogP contribution in [0.15, 0.2) is 6.20 Å². The van der Waals surface area contributed by atoms with Crippen LogP contribution >= 0.6 is 0 Å². The number of nitrogens with zero attached hydrogens (tertiary/aromatic N) is 2. The summed E-state index contributed by atoms with van der Waals surface area (Å²) in [7, 11) is 0. The summed E-state index contributed by atoms with van der Waals surface area (Å²) < 4.78 is 39.6. The Hall–Kier alpha value is -1.57. The van der Waals surface area contributed by atoms with Crippen LogP contribution in [0.4, 0.5) is 13.2 Å². The zero-order valence-corrected chi connectivity index (χ0v) is 11.0. The number of carbonyl (C=O) groups excluding carboxylic acids is 1. The van der Waals surface area contributed by atoms with Gasteiger partial charge in [0.1, 0.15) is 0 Å². The Morgan fingerprint density at radius 3 is 2.65 bits per heavy atom. The van der Waals surface area contributed by atoms with Crippen LogP contribution in [0, 0.1) is 5.41 Å². The molecule has 20 heavy (non-hydrogen) atoms. The minimum Gasteiger partial charge on any atom is -0.396 e. The summed E-state index contributed by atoms with van der Waals surface area (Å²) in [5.41, 5.74) is -1.87. The van der Waals surface area contributed by atoms with E-state index in [2.05, 4.69) is 10.4 Å². The lowest BCUT2D eigenvalue weighted by molar-refractivity contribution is -0.144. The Morgan fingerprint density at radius 1 is 1.55 bits per heavy atom. The van der Waals surface area contributed by atoms with Crippen molar-refractivity contribution in [2.75, 3.05) is 13.2 Å². The largest absolute Gasteiger partial charge is 0.433 e. The molecule has 8 heteroatoms. The van der Waals surface area contributed by atoms with Gasteiger partial charge in [-0.2, -0.15) is 18.3 Å².